The highest BCUT2D eigenvalue weighted by Gasteiger charge is 2.52. The molecule has 0 radical (unpaired) electrons. The number of carbonyl (C=O) groups is 2. The number of carbonyl (C=O) groups excluding carboxylic acids is 2. The van der Waals surface area contributed by atoms with Crippen molar-refractivity contribution in [2.24, 2.45) is 5.73 Å². The summed E-state index contributed by atoms with van der Waals surface area (Å²) in [7, 11) is 0. The second-order valence-corrected chi connectivity index (χ2v) is 8.12. The van der Waals surface area contributed by atoms with Crippen molar-refractivity contribution < 1.29 is 24.2 Å². The minimum Gasteiger partial charge on any atom is -0.480 e. The summed E-state index contributed by atoms with van der Waals surface area (Å²) in [6.07, 6.45) is 2.70. The predicted molar refractivity (Wildman–Crippen MR) is 98.0 cm³/mol. The molecule has 27 heavy (non-hydrogen) atoms. The van der Waals surface area contributed by atoms with E-state index in [1.165, 1.54) is 6.07 Å². The van der Waals surface area contributed by atoms with Crippen LogP contribution in [0.4, 0.5) is 5.69 Å². The lowest BCUT2D eigenvalue weighted by Gasteiger charge is -2.54. The van der Waals surface area contributed by atoms with E-state index in [1.54, 1.807) is 6.07 Å². The maximum Gasteiger partial charge on any atom is 0.262 e. The molecule has 1 heterocycles. The molecular formula is C18H22ClN3O5. The number of ether oxygens (including phenoxy) is 2. The van der Waals surface area contributed by atoms with Gasteiger partial charge in [0.05, 0.1) is 11.8 Å². The minimum absolute atomic E-state index is 0.126. The second-order valence-electron chi connectivity index (χ2n) is 7.69. The van der Waals surface area contributed by atoms with Crippen molar-refractivity contribution in [3.8, 4) is 11.5 Å². The predicted octanol–water partition coefficient (Wildman–Crippen LogP) is 0.941. The van der Waals surface area contributed by atoms with Gasteiger partial charge in [-0.25, -0.2) is 0 Å². The first-order valence-corrected chi connectivity index (χ1v) is 9.33. The van der Waals surface area contributed by atoms with Crippen LogP contribution in [0.1, 0.15) is 32.1 Å². The molecular weight excluding hydrogens is 374 g/mol. The fourth-order valence-electron chi connectivity index (χ4n) is 4.20. The van der Waals surface area contributed by atoms with Gasteiger partial charge >= 0.3 is 0 Å². The fraction of sp³-hybridized carbons (Fsp3) is 0.556. The molecule has 9 heteroatoms. The van der Waals surface area contributed by atoms with Crippen LogP contribution in [0.3, 0.4) is 0 Å². The van der Waals surface area contributed by atoms with Gasteiger partial charge < -0.3 is 30.9 Å². The van der Waals surface area contributed by atoms with Gasteiger partial charge in [0, 0.05) is 22.2 Å². The van der Waals surface area contributed by atoms with Crippen molar-refractivity contribution in [3.63, 3.8) is 0 Å². The number of halogens is 1. The highest BCUT2D eigenvalue weighted by atomic mass is 35.5. The number of aliphatic hydroxyl groups is 1. The molecule has 5 N–H and O–H groups in total. The molecule has 0 saturated heterocycles. The fourth-order valence-corrected chi connectivity index (χ4v) is 4.41. The molecule has 0 spiro atoms. The number of hydrogen-bond acceptors (Lipinski definition) is 6. The molecule has 0 unspecified atom stereocenters. The van der Waals surface area contributed by atoms with Gasteiger partial charge in [-0.05, 0) is 38.2 Å². The maximum absolute atomic E-state index is 12.5. The van der Waals surface area contributed by atoms with E-state index in [1.807, 2.05) is 0 Å². The number of amides is 2. The Bertz CT molecular complexity index is 791. The van der Waals surface area contributed by atoms with Crippen LogP contribution in [0.25, 0.3) is 0 Å². The van der Waals surface area contributed by atoms with Crippen molar-refractivity contribution in [2.45, 2.75) is 49.3 Å². The van der Waals surface area contributed by atoms with Gasteiger partial charge in [-0.15, -0.1) is 0 Å². The molecule has 0 aromatic heterocycles. The Balaban J connectivity index is 1.41. The Morgan fingerprint density at radius 1 is 1.41 bits per heavy atom. The zero-order chi connectivity index (χ0) is 19.2. The molecule has 1 aliphatic heterocycles. The van der Waals surface area contributed by atoms with Crippen LogP contribution >= 0.6 is 11.6 Å². The number of anilines is 1. The zero-order valence-electron chi connectivity index (χ0n) is 14.7. The van der Waals surface area contributed by atoms with Crippen LogP contribution in [0.5, 0.6) is 11.5 Å². The molecule has 1 aromatic rings. The van der Waals surface area contributed by atoms with E-state index < -0.39 is 17.2 Å². The van der Waals surface area contributed by atoms with E-state index in [4.69, 9.17) is 26.8 Å². The summed E-state index contributed by atoms with van der Waals surface area (Å²) < 4.78 is 11.0. The Kier molecular flexibility index (Phi) is 4.44. The van der Waals surface area contributed by atoms with Crippen LogP contribution in [0, 0.1) is 0 Å². The zero-order valence-corrected chi connectivity index (χ0v) is 15.5. The molecule has 8 nitrogen and oxygen atoms in total. The first-order chi connectivity index (χ1) is 12.8. The number of rotatable bonds is 4. The standard InChI is InChI=1S/C18H22ClN3O5/c19-10-5-11-16(27-8-14(24)21-11)12(6-10)26-9-15(25)22-17-1-3-18(20,4-2-17)13(23)7-17/h5-6,13,23H,1-4,7-9,20H2,(H,21,24)(H,22,25)/t13-,17?,18?/m0/s1. The molecule has 2 bridgehead atoms. The number of fused-ring (bicyclic) bond motifs is 4. The smallest absolute Gasteiger partial charge is 0.262 e. The lowest BCUT2D eigenvalue weighted by molar-refractivity contribution is -0.129. The highest BCUT2D eigenvalue weighted by Crippen LogP contribution is 2.45. The Hall–Kier alpha value is -2.03. The van der Waals surface area contributed by atoms with Crippen molar-refractivity contribution in [1.82, 2.24) is 5.32 Å². The van der Waals surface area contributed by atoms with Crippen molar-refractivity contribution in [3.05, 3.63) is 17.2 Å². The van der Waals surface area contributed by atoms with E-state index in [0.717, 1.165) is 12.8 Å². The first-order valence-electron chi connectivity index (χ1n) is 8.96. The summed E-state index contributed by atoms with van der Waals surface area (Å²) in [4.78, 5) is 23.9. The molecule has 3 fully saturated rings. The topological polar surface area (TPSA) is 123 Å². The van der Waals surface area contributed by atoms with Crippen LogP contribution in [0.15, 0.2) is 12.1 Å². The average Bonchev–Trinajstić information content (AvgIpc) is 2.61. The van der Waals surface area contributed by atoms with E-state index in [2.05, 4.69) is 10.6 Å². The van der Waals surface area contributed by atoms with Gasteiger partial charge in [0.1, 0.15) is 0 Å². The molecule has 3 aliphatic carbocycles. The molecule has 3 saturated carbocycles. The summed E-state index contributed by atoms with van der Waals surface area (Å²) in [5.74, 6) is 0.0703. The van der Waals surface area contributed by atoms with Crippen LogP contribution in [-0.2, 0) is 9.59 Å². The van der Waals surface area contributed by atoms with Gasteiger partial charge in [0.15, 0.2) is 24.7 Å². The van der Waals surface area contributed by atoms with Crippen LogP contribution in [-0.4, -0.2) is 47.3 Å². The molecule has 1 aromatic carbocycles. The quantitative estimate of drug-likeness (QED) is 0.601. The first kappa shape index (κ1) is 18.3. The van der Waals surface area contributed by atoms with E-state index >= 15 is 0 Å². The largest absolute Gasteiger partial charge is 0.480 e. The third-order valence-electron chi connectivity index (χ3n) is 5.79. The maximum atomic E-state index is 12.5. The van der Waals surface area contributed by atoms with Gasteiger partial charge in [-0.1, -0.05) is 11.6 Å². The van der Waals surface area contributed by atoms with Gasteiger partial charge in [0.25, 0.3) is 11.8 Å². The lowest BCUT2D eigenvalue weighted by Crippen LogP contribution is -2.68. The summed E-state index contributed by atoms with van der Waals surface area (Å²) in [6.45, 7) is -0.352. The number of nitrogens with one attached hydrogen (secondary N) is 2. The highest BCUT2D eigenvalue weighted by molar-refractivity contribution is 6.31. The van der Waals surface area contributed by atoms with Crippen molar-refractivity contribution in [2.75, 3.05) is 18.5 Å². The Labute approximate surface area is 161 Å². The van der Waals surface area contributed by atoms with Crippen molar-refractivity contribution in [1.29, 1.82) is 0 Å². The van der Waals surface area contributed by atoms with E-state index in [9.17, 15) is 14.7 Å². The van der Waals surface area contributed by atoms with E-state index in [0.29, 0.717) is 41.5 Å². The van der Waals surface area contributed by atoms with Gasteiger partial charge in [0.2, 0.25) is 0 Å². The summed E-state index contributed by atoms with van der Waals surface area (Å²) in [5.41, 5.74) is 5.67. The molecule has 5 rings (SSSR count). The monoisotopic (exact) mass is 395 g/mol. The second kappa shape index (κ2) is 6.54. The van der Waals surface area contributed by atoms with E-state index in [-0.39, 0.29) is 25.0 Å². The number of hydrogen-bond donors (Lipinski definition) is 4. The van der Waals surface area contributed by atoms with Crippen molar-refractivity contribution >= 4 is 29.1 Å². The van der Waals surface area contributed by atoms with Crippen LogP contribution < -0.4 is 25.8 Å². The number of nitrogens with two attached hydrogens (primary N) is 1. The Morgan fingerprint density at radius 3 is 2.85 bits per heavy atom. The normalized spacial score (nSPS) is 31.5. The SMILES string of the molecule is NC12CCC(NC(=O)COc3cc(Cl)cc4c3OCC(=O)N4)(CC1)C[C@@H]2O. The lowest BCUT2D eigenvalue weighted by atomic mass is 9.60. The summed E-state index contributed by atoms with van der Waals surface area (Å²) >= 11 is 6.05. The Morgan fingerprint density at radius 2 is 2.15 bits per heavy atom. The molecule has 146 valence electrons. The third kappa shape index (κ3) is 3.44. The van der Waals surface area contributed by atoms with Gasteiger partial charge in [-0.3, -0.25) is 9.59 Å². The molecule has 2 amide bonds. The van der Waals surface area contributed by atoms with Gasteiger partial charge in [-0.2, -0.15) is 0 Å². The summed E-state index contributed by atoms with van der Waals surface area (Å²) in [5, 5.41) is 16.3. The molecule has 1 atom stereocenters. The third-order valence-corrected chi connectivity index (χ3v) is 6.01. The minimum atomic E-state index is -0.613. The average molecular weight is 396 g/mol. The number of benzene rings is 1. The molecule has 4 aliphatic rings. The number of aliphatic hydroxyl groups excluding tert-OH is 1. The summed E-state index contributed by atoms with van der Waals surface area (Å²) in [6, 6.07) is 3.10. The van der Waals surface area contributed by atoms with Crippen LogP contribution in [0.2, 0.25) is 5.02 Å².